The van der Waals surface area contributed by atoms with E-state index < -0.39 is 0 Å². The zero-order valence-electron chi connectivity index (χ0n) is 11.9. The summed E-state index contributed by atoms with van der Waals surface area (Å²) in [5.41, 5.74) is 1.37. The molecule has 0 radical (unpaired) electrons. The third-order valence-corrected chi connectivity index (χ3v) is 4.09. The van der Waals surface area contributed by atoms with Crippen molar-refractivity contribution in [2.75, 3.05) is 6.54 Å². The van der Waals surface area contributed by atoms with Gasteiger partial charge in [0.25, 0.3) is 0 Å². The van der Waals surface area contributed by atoms with Gasteiger partial charge in [-0.25, -0.2) is 0 Å². The minimum Gasteiger partial charge on any atom is -0.313 e. The molecule has 1 aromatic heterocycles. The molecule has 1 atom stereocenters. The van der Waals surface area contributed by atoms with Crippen molar-refractivity contribution in [2.45, 2.75) is 57.9 Å². The van der Waals surface area contributed by atoms with Gasteiger partial charge in [0, 0.05) is 19.3 Å². The molecule has 3 nitrogen and oxygen atoms in total. The molecule has 0 spiro atoms. The van der Waals surface area contributed by atoms with Gasteiger partial charge >= 0.3 is 0 Å². The minimum atomic E-state index is 0.648. The van der Waals surface area contributed by atoms with E-state index in [2.05, 4.69) is 23.5 Å². The molecule has 3 heteroatoms. The zero-order chi connectivity index (χ0) is 12.8. The van der Waals surface area contributed by atoms with Gasteiger partial charge < -0.3 is 5.32 Å². The second-order valence-electron chi connectivity index (χ2n) is 5.69. The van der Waals surface area contributed by atoms with E-state index in [1.54, 1.807) is 0 Å². The second kappa shape index (κ2) is 6.93. The summed E-state index contributed by atoms with van der Waals surface area (Å²) in [4.78, 5) is 0. The fraction of sp³-hybridized carbons (Fsp3) is 0.800. The van der Waals surface area contributed by atoms with Crippen LogP contribution < -0.4 is 5.32 Å². The van der Waals surface area contributed by atoms with E-state index in [1.807, 2.05) is 17.9 Å². The Balaban J connectivity index is 1.94. The molecular weight excluding hydrogens is 222 g/mol. The van der Waals surface area contributed by atoms with Crippen molar-refractivity contribution in [2.24, 2.45) is 13.0 Å². The average molecular weight is 249 g/mol. The number of aryl methyl sites for hydroxylation is 1. The van der Waals surface area contributed by atoms with E-state index in [-0.39, 0.29) is 0 Å². The predicted octanol–water partition coefficient (Wildman–Crippen LogP) is 2.91. The third-order valence-electron chi connectivity index (χ3n) is 4.09. The van der Waals surface area contributed by atoms with Crippen molar-refractivity contribution in [3.63, 3.8) is 0 Å². The molecule has 1 N–H and O–H groups in total. The lowest BCUT2D eigenvalue weighted by atomic mass is 9.82. The topological polar surface area (TPSA) is 29.9 Å². The molecule has 18 heavy (non-hydrogen) atoms. The highest BCUT2D eigenvalue weighted by atomic mass is 15.2. The summed E-state index contributed by atoms with van der Waals surface area (Å²) in [7, 11) is 2.00. The normalized spacial score (nSPS) is 19.0. The Morgan fingerprint density at radius 2 is 2.17 bits per heavy atom. The highest BCUT2D eigenvalue weighted by Crippen LogP contribution is 2.28. The fourth-order valence-corrected chi connectivity index (χ4v) is 3.10. The molecule has 0 aromatic carbocycles. The van der Waals surface area contributed by atoms with Crippen LogP contribution in [-0.4, -0.2) is 22.4 Å². The van der Waals surface area contributed by atoms with E-state index in [0.717, 1.165) is 18.9 Å². The second-order valence-corrected chi connectivity index (χ2v) is 5.69. The lowest BCUT2D eigenvalue weighted by molar-refractivity contribution is 0.267. The molecule has 0 amide bonds. The van der Waals surface area contributed by atoms with Crippen LogP contribution in [0.1, 0.15) is 51.0 Å². The number of hydrogen-bond acceptors (Lipinski definition) is 2. The summed E-state index contributed by atoms with van der Waals surface area (Å²) >= 11 is 0. The molecule has 1 saturated carbocycles. The lowest BCUT2D eigenvalue weighted by Crippen LogP contribution is -2.39. The standard InChI is InChI=1S/C15H27N3/c1-3-9-16-15(14-7-5-4-6-8-14)10-13-11-17-18(2)12-13/h11-12,14-16H,3-10H2,1-2H3. The summed E-state index contributed by atoms with van der Waals surface area (Å²) in [6, 6.07) is 0.648. The van der Waals surface area contributed by atoms with Crippen LogP contribution >= 0.6 is 0 Å². The molecule has 1 unspecified atom stereocenters. The molecule has 0 bridgehead atoms. The Morgan fingerprint density at radius 3 is 2.78 bits per heavy atom. The first-order chi connectivity index (χ1) is 8.79. The average Bonchev–Trinajstić information content (AvgIpc) is 2.81. The Labute approximate surface area is 111 Å². The monoisotopic (exact) mass is 249 g/mol. The Hall–Kier alpha value is -0.830. The smallest absolute Gasteiger partial charge is 0.0522 e. The maximum atomic E-state index is 4.28. The summed E-state index contributed by atoms with van der Waals surface area (Å²) in [6.45, 7) is 3.39. The van der Waals surface area contributed by atoms with Crippen LogP contribution in [0.15, 0.2) is 12.4 Å². The quantitative estimate of drug-likeness (QED) is 0.840. The SMILES string of the molecule is CCCNC(Cc1cnn(C)c1)C1CCCCC1. The predicted molar refractivity (Wildman–Crippen MR) is 75.6 cm³/mol. The van der Waals surface area contributed by atoms with E-state index in [0.29, 0.717) is 6.04 Å². The van der Waals surface area contributed by atoms with Gasteiger partial charge in [0.15, 0.2) is 0 Å². The Bertz CT molecular complexity index is 339. The van der Waals surface area contributed by atoms with Gasteiger partial charge in [-0.1, -0.05) is 26.2 Å². The summed E-state index contributed by atoms with van der Waals surface area (Å²) < 4.78 is 1.91. The lowest BCUT2D eigenvalue weighted by Gasteiger charge is -2.31. The van der Waals surface area contributed by atoms with Gasteiger partial charge in [-0.2, -0.15) is 5.10 Å². The molecule has 1 aliphatic carbocycles. The number of rotatable bonds is 6. The first kappa shape index (κ1) is 13.6. The van der Waals surface area contributed by atoms with Gasteiger partial charge in [0.1, 0.15) is 0 Å². The first-order valence-corrected chi connectivity index (χ1v) is 7.50. The van der Waals surface area contributed by atoms with Crippen LogP contribution in [0.2, 0.25) is 0 Å². The number of nitrogens with zero attached hydrogens (tertiary/aromatic N) is 2. The van der Waals surface area contributed by atoms with Crippen molar-refractivity contribution < 1.29 is 0 Å². The molecule has 1 fully saturated rings. The first-order valence-electron chi connectivity index (χ1n) is 7.50. The van der Waals surface area contributed by atoms with Crippen LogP contribution in [0.4, 0.5) is 0 Å². The van der Waals surface area contributed by atoms with Gasteiger partial charge in [0.05, 0.1) is 6.20 Å². The highest BCUT2D eigenvalue weighted by molar-refractivity contribution is 5.06. The highest BCUT2D eigenvalue weighted by Gasteiger charge is 2.23. The van der Waals surface area contributed by atoms with E-state index in [4.69, 9.17) is 0 Å². The molecule has 1 aliphatic rings. The van der Waals surface area contributed by atoms with Crippen LogP contribution in [0.25, 0.3) is 0 Å². The van der Waals surface area contributed by atoms with Crippen molar-refractivity contribution in [1.82, 2.24) is 15.1 Å². The van der Waals surface area contributed by atoms with E-state index >= 15 is 0 Å². The van der Waals surface area contributed by atoms with Crippen LogP contribution in [0.3, 0.4) is 0 Å². The Morgan fingerprint density at radius 1 is 1.39 bits per heavy atom. The largest absolute Gasteiger partial charge is 0.313 e. The minimum absolute atomic E-state index is 0.648. The molecule has 2 rings (SSSR count). The van der Waals surface area contributed by atoms with E-state index in [1.165, 1.54) is 44.1 Å². The number of aromatic nitrogens is 2. The van der Waals surface area contributed by atoms with Crippen LogP contribution in [0, 0.1) is 5.92 Å². The molecule has 0 saturated heterocycles. The summed E-state index contributed by atoms with van der Waals surface area (Å²) in [5.74, 6) is 0.866. The van der Waals surface area contributed by atoms with Gasteiger partial charge in [-0.05, 0) is 43.7 Å². The summed E-state index contributed by atoms with van der Waals surface area (Å²) in [6.07, 6.45) is 13.6. The molecule has 1 aromatic rings. The third kappa shape index (κ3) is 3.84. The van der Waals surface area contributed by atoms with Crippen molar-refractivity contribution >= 4 is 0 Å². The van der Waals surface area contributed by atoms with Crippen molar-refractivity contribution in [1.29, 1.82) is 0 Å². The van der Waals surface area contributed by atoms with Gasteiger partial charge in [-0.15, -0.1) is 0 Å². The van der Waals surface area contributed by atoms with Crippen LogP contribution in [-0.2, 0) is 13.5 Å². The van der Waals surface area contributed by atoms with Gasteiger partial charge in [-0.3, -0.25) is 4.68 Å². The number of nitrogens with one attached hydrogen (secondary N) is 1. The molecule has 0 aliphatic heterocycles. The Kier molecular flexibility index (Phi) is 5.24. The molecule has 1 heterocycles. The fourth-order valence-electron chi connectivity index (χ4n) is 3.10. The van der Waals surface area contributed by atoms with Crippen LogP contribution in [0.5, 0.6) is 0 Å². The molecular formula is C15H27N3. The van der Waals surface area contributed by atoms with E-state index in [9.17, 15) is 0 Å². The molecule has 102 valence electrons. The zero-order valence-corrected chi connectivity index (χ0v) is 11.9. The maximum absolute atomic E-state index is 4.28. The van der Waals surface area contributed by atoms with Gasteiger partial charge in [0.2, 0.25) is 0 Å². The van der Waals surface area contributed by atoms with Crippen molar-refractivity contribution in [3.8, 4) is 0 Å². The maximum Gasteiger partial charge on any atom is 0.0522 e. The number of hydrogen-bond donors (Lipinski definition) is 1. The van der Waals surface area contributed by atoms with Crippen molar-refractivity contribution in [3.05, 3.63) is 18.0 Å². The summed E-state index contributed by atoms with van der Waals surface area (Å²) in [5, 5.41) is 8.04.